The van der Waals surface area contributed by atoms with Gasteiger partial charge in [0.15, 0.2) is 0 Å². The molecular formula is C19H22N2O3. The van der Waals surface area contributed by atoms with Gasteiger partial charge in [-0.25, -0.2) is 0 Å². The van der Waals surface area contributed by atoms with Crippen LogP contribution in [0.25, 0.3) is 0 Å². The maximum Gasteiger partial charge on any atom is 0.262 e. The topological polar surface area (TPSA) is 57.7 Å². The van der Waals surface area contributed by atoms with Gasteiger partial charge in [0.05, 0.1) is 11.1 Å². The van der Waals surface area contributed by atoms with Gasteiger partial charge in [0.25, 0.3) is 11.8 Å². The molecule has 3 amide bonds. The molecule has 24 heavy (non-hydrogen) atoms. The fourth-order valence-corrected chi connectivity index (χ4v) is 3.42. The number of benzene rings is 1. The highest BCUT2D eigenvalue weighted by Crippen LogP contribution is 2.36. The minimum Gasteiger partial charge on any atom is -0.318 e. The van der Waals surface area contributed by atoms with Crippen molar-refractivity contribution < 1.29 is 14.4 Å². The number of rotatable bonds is 1. The zero-order valence-electron chi connectivity index (χ0n) is 14.5. The minimum atomic E-state index is -0.749. The second kappa shape index (κ2) is 5.30. The van der Waals surface area contributed by atoms with E-state index in [0.29, 0.717) is 29.7 Å². The van der Waals surface area contributed by atoms with Crippen molar-refractivity contribution in [2.45, 2.75) is 45.1 Å². The number of allylic oxidation sites excluding steroid dienone is 1. The van der Waals surface area contributed by atoms with Gasteiger partial charge in [-0.2, -0.15) is 0 Å². The molecular weight excluding hydrogens is 304 g/mol. The van der Waals surface area contributed by atoms with Gasteiger partial charge in [-0.3, -0.25) is 19.3 Å². The lowest BCUT2D eigenvalue weighted by Crippen LogP contribution is -2.52. The average molecular weight is 326 g/mol. The summed E-state index contributed by atoms with van der Waals surface area (Å²) in [6.07, 6.45) is 1.02. The largest absolute Gasteiger partial charge is 0.318 e. The molecule has 2 aliphatic rings. The molecule has 1 saturated heterocycles. The summed E-state index contributed by atoms with van der Waals surface area (Å²) in [7, 11) is 1.63. The molecule has 0 aliphatic carbocycles. The number of hydrogen-bond acceptors (Lipinski definition) is 3. The Morgan fingerprint density at radius 3 is 2.42 bits per heavy atom. The van der Waals surface area contributed by atoms with Crippen molar-refractivity contribution in [2.75, 3.05) is 7.05 Å². The number of carbonyl (C=O) groups excluding carboxylic acids is 3. The third-order valence-corrected chi connectivity index (χ3v) is 4.86. The summed E-state index contributed by atoms with van der Waals surface area (Å²) in [6.45, 7) is 9.87. The lowest BCUT2D eigenvalue weighted by atomic mass is 9.82. The molecule has 1 atom stereocenters. The van der Waals surface area contributed by atoms with E-state index < -0.39 is 6.04 Å². The SMILES string of the molecule is C=C1CCC(N2C(=O)c3cccc(C(C)(C)C)c3C2=O)C(=O)N1C. The molecule has 2 aliphatic heterocycles. The van der Waals surface area contributed by atoms with Gasteiger partial charge in [0, 0.05) is 12.7 Å². The van der Waals surface area contributed by atoms with Crippen LogP contribution < -0.4 is 0 Å². The van der Waals surface area contributed by atoms with Crippen LogP contribution in [-0.4, -0.2) is 40.6 Å². The second-order valence-corrected chi connectivity index (χ2v) is 7.48. The predicted molar refractivity (Wildman–Crippen MR) is 90.6 cm³/mol. The van der Waals surface area contributed by atoms with E-state index in [9.17, 15) is 14.4 Å². The summed E-state index contributed by atoms with van der Waals surface area (Å²) in [6, 6.07) is 4.59. The van der Waals surface area contributed by atoms with Crippen LogP contribution in [0, 0.1) is 0 Å². The third kappa shape index (κ3) is 2.27. The second-order valence-electron chi connectivity index (χ2n) is 7.48. The third-order valence-electron chi connectivity index (χ3n) is 4.86. The Morgan fingerprint density at radius 2 is 1.79 bits per heavy atom. The number of imide groups is 1. The first-order valence-corrected chi connectivity index (χ1v) is 8.11. The van der Waals surface area contributed by atoms with Gasteiger partial charge in [0.1, 0.15) is 6.04 Å². The summed E-state index contributed by atoms with van der Waals surface area (Å²) >= 11 is 0. The van der Waals surface area contributed by atoms with E-state index in [4.69, 9.17) is 0 Å². The number of piperidine rings is 1. The van der Waals surface area contributed by atoms with Crippen LogP contribution in [0.3, 0.4) is 0 Å². The molecule has 0 spiro atoms. The molecule has 126 valence electrons. The van der Waals surface area contributed by atoms with Crippen LogP contribution in [0.2, 0.25) is 0 Å². The molecule has 1 fully saturated rings. The van der Waals surface area contributed by atoms with Gasteiger partial charge in [-0.15, -0.1) is 0 Å². The Morgan fingerprint density at radius 1 is 1.12 bits per heavy atom. The molecule has 1 aromatic rings. The first-order valence-electron chi connectivity index (χ1n) is 8.11. The van der Waals surface area contributed by atoms with E-state index >= 15 is 0 Å². The number of amides is 3. The smallest absolute Gasteiger partial charge is 0.262 e. The van der Waals surface area contributed by atoms with E-state index in [2.05, 4.69) is 6.58 Å². The summed E-state index contributed by atoms with van der Waals surface area (Å²) < 4.78 is 0. The molecule has 0 bridgehead atoms. The summed E-state index contributed by atoms with van der Waals surface area (Å²) in [4.78, 5) is 41.0. The molecule has 0 saturated carbocycles. The molecule has 0 radical (unpaired) electrons. The maximum atomic E-state index is 13.0. The number of fused-ring (bicyclic) bond motifs is 1. The van der Waals surface area contributed by atoms with Crippen LogP contribution in [0.1, 0.15) is 59.9 Å². The van der Waals surface area contributed by atoms with E-state index in [-0.39, 0.29) is 23.1 Å². The number of nitrogens with zero attached hydrogens (tertiary/aromatic N) is 2. The highest BCUT2D eigenvalue weighted by atomic mass is 16.2. The minimum absolute atomic E-state index is 0.252. The van der Waals surface area contributed by atoms with Crippen molar-refractivity contribution in [3.05, 3.63) is 47.2 Å². The molecule has 1 aromatic carbocycles. The zero-order chi connectivity index (χ0) is 17.8. The lowest BCUT2D eigenvalue weighted by molar-refractivity contribution is -0.134. The van der Waals surface area contributed by atoms with Crippen LogP contribution in [0.15, 0.2) is 30.5 Å². The van der Waals surface area contributed by atoms with Crippen LogP contribution in [0.4, 0.5) is 0 Å². The standard InChI is InChI=1S/C19H22N2O3/c1-11-9-10-14(17(23)20(11)5)21-16(22)12-7-6-8-13(19(2,3)4)15(12)18(21)24/h6-8,14H,1,9-10H2,2-5H3. The van der Waals surface area contributed by atoms with E-state index in [1.807, 2.05) is 26.8 Å². The van der Waals surface area contributed by atoms with Crippen molar-refractivity contribution in [2.24, 2.45) is 0 Å². The van der Waals surface area contributed by atoms with Crippen LogP contribution >= 0.6 is 0 Å². The monoisotopic (exact) mass is 326 g/mol. The summed E-state index contributed by atoms with van der Waals surface area (Å²) in [5, 5.41) is 0. The predicted octanol–water partition coefficient (Wildman–Crippen LogP) is 2.71. The fraction of sp³-hybridized carbons (Fsp3) is 0.421. The normalized spacial score (nSPS) is 21.6. The quantitative estimate of drug-likeness (QED) is 0.746. The molecule has 1 unspecified atom stereocenters. The first kappa shape index (κ1) is 16.4. The zero-order valence-corrected chi connectivity index (χ0v) is 14.5. The van der Waals surface area contributed by atoms with Gasteiger partial charge in [-0.05, 0) is 29.9 Å². The number of carbonyl (C=O) groups is 3. The van der Waals surface area contributed by atoms with Crippen molar-refractivity contribution in [1.29, 1.82) is 0 Å². The molecule has 2 heterocycles. The highest BCUT2D eigenvalue weighted by Gasteiger charge is 2.46. The maximum absolute atomic E-state index is 13.0. The first-order chi connectivity index (χ1) is 11.1. The van der Waals surface area contributed by atoms with E-state index in [1.165, 1.54) is 4.90 Å². The Kier molecular flexibility index (Phi) is 3.62. The van der Waals surface area contributed by atoms with E-state index in [0.717, 1.165) is 10.5 Å². The fourth-order valence-electron chi connectivity index (χ4n) is 3.42. The number of likely N-dealkylation sites (N-methyl/N-ethyl adjacent to an activating group) is 1. The molecule has 5 nitrogen and oxygen atoms in total. The van der Waals surface area contributed by atoms with Gasteiger partial charge < -0.3 is 4.90 Å². The Hall–Kier alpha value is -2.43. The van der Waals surface area contributed by atoms with Gasteiger partial charge >= 0.3 is 0 Å². The van der Waals surface area contributed by atoms with Crippen molar-refractivity contribution in [3.8, 4) is 0 Å². The summed E-state index contributed by atoms with van der Waals surface area (Å²) in [5.41, 5.74) is 2.12. The van der Waals surface area contributed by atoms with Crippen molar-refractivity contribution in [1.82, 2.24) is 9.80 Å². The highest BCUT2D eigenvalue weighted by molar-refractivity contribution is 6.23. The van der Waals surface area contributed by atoms with Crippen molar-refractivity contribution >= 4 is 17.7 Å². The Labute approximate surface area is 141 Å². The molecule has 3 rings (SSSR count). The molecule has 0 aromatic heterocycles. The Balaban J connectivity index is 2.05. The molecule has 5 heteroatoms. The van der Waals surface area contributed by atoms with Crippen LogP contribution in [0.5, 0.6) is 0 Å². The number of hydrogen-bond donors (Lipinski definition) is 0. The molecule has 0 N–H and O–H groups in total. The number of likely N-dealkylation sites (tertiary alicyclic amines) is 1. The summed E-state index contributed by atoms with van der Waals surface area (Å²) in [5.74, 6) is -0.988. The van der Waals surface area contributed by atoms with Crippen LogP contribution in [-0.2, 0) is 10.2 Å². The van der Waals surface area contributed by atoms with Gasteiger partial charge in [0.2, 0.25) is 5.91 Å². The van der Waals surface area contributed by atoms with Gasteiger partial charge in [-0.1, -0.05) is 39.5 Å². The average Bonchev–Trinajstić information content (AvgIpc) is 2.77. The Bertz CT molecular complexity index is 773. The lowest BCUT2D eigenvalue weighted by Gasteiger charge is -2.35. The van der Waals surface area contributed by atoms with Crippen molar-refractivity contribution in [3.63, 3.8) is 0 Å². The van der Waals surface area contributed by atoms with E-state index in [1.54, 1.807) is 19.2 Å².